The lowest BCUT2D eigenvalue weighted by Crippen LogP contribution is -2.63. The molecular weight excluding hydrogens is 220 g/mol. The molecule has 0 aliphatic heterocycles. The van der Waals surface area contributed by atoms with Gasteiger partial charge in [-0.1, -0.05) is 0 Å². The first-order chi connectivity index (χ1) is 7.10. The van der Waals surface area contributed by atoms with Crippen molar-refractivity contribution in [2.45, 2.75) is 45.1 Å². The second-order valence-corrected chi connectivity index (χ2v) is 5.39. The predicted molar refractivity (Wildman–Crippen MR) is 52.7 cm³/mol. The zero-order chi connectivity index (χ0) is 12.6. The molecule has 0 aromatic heterocycles. The number of rotatable bonds is 3. The van der Waals surface area contributed by atoms with Crippen molar-refractivity contribution in [3.8, 4) is 0 Å². The lowest BCUT2D eigenvalue weighted by atomic mass is 9.75. The molecule has 0 unspecified atom stereocenters. The van der Waals surface area contributed by atoms with E-state index in [1.54, 1.807) is 20.8 Å². The number of hydrogen-bond acceptors (Lipinski definition) is 4. The van der Waals surface area contributed by atoms with Gasteiger partial charge >= 0.3 is 5.97 Å². The highest BCUT2D eigenvalue weighted by Crippen LogP contribution is 2.45. The van der Waals surface area contributed by atoms with Crippen LogP contribution in [0.15, 0.2) is 0 Å². The topological polar surface area (TPSA) is 58.6 Å². The maximum absolute atomic E-state index is 12.7. The molecule has 1 fully saturated rings. The third-order valence-corrected chi connectivity index (χ3v) is 2.47. The SMILES string of the molecule is CC(C)(C)C(=O)ONC1(CO)CC(F)(F)C1. The van der Waals surface area contributed by atoms with Crippen LogP contribution in [-0.2, 0) is 9.63 Å². The number of carbonyl (C=O) groups excluding carboxylic acids is 1. The van der Waals surface area contributed by atoms with Crippen LogP contribution in [0, 0.1) is 5.41 Å². The maximum atomic E-state index is 12.7. The van der Waals surface area contributed by atoms with E-state index in [1.165, 1.54) is 0 Å². The van der Waals surface area contributed by atoms with Gasteiger partial charge in [0.1, 0.15) is 0 Å². The number of aliphatic hydroxyl groups excluding tert-OH is 1. The zero-order valence-electron chi connectivity index (χ0n) is 9.64. The Balaban J connectivity index is 2.46. The van der Waals surface area contributed by atoms with E-state index >= 15 is 0 Å². The Morgan fingerprint density at radius 2 is 1.94 bits per heavy atom. The molecule has 6 heteroatoms. The van der Waals surface area contributed by atoms with Crippen LogP contribution in [0.4, 0.5) is 8.78 Å². The number of carbonyl (C=O) groups is 1. The number of halogens is 2. The van der Waals surface area contributed by atoms with Crippen LogP contribution in [0.25, 0.3) is 0 Å². The molecule has 0 bridgehead atoms. The second kappa shape index (κ2) is 3.92. The van der Waals surface area contributed by atoms with Crippen molar-refractivity contribution < 1.29 is 23.5 Å². The van der Waals surface area contributed by atoms with Crippen molar-refractivity contribution in [3.63, 3.8) is 0 Å². The van der Waals surface area contributed by atoms with E-state index in [-0.39, 0.29) is 0 Å². The second-order valence-electron chi connectivity index (χ2n) is 5.39. The Hall–Kier alpha value is -0.750. The quantitative estimate of drug-likeness (QED) is 0.725. The van der Waals surface area contributed by atoms with Gasteiger partial charge in [-0.25, -0.2) is 13.6 Å². The van der Waals surface area contributed by atoms with Gasteiger partial charge in [-0.05, 0) is 20.8 Å². The van der Waals surface area contributed by atoms with Crippen LogP contribution in [0.5, 0.6) is 0 Å². The van der Waals surface area contributed by atoms with Crippen LogP contribution in [0.3, 0.4) is 0 Å². The highest BCUT2D eigenvalue weighted by molar-refractivity contribution is 5.75. The summed E-state index contributed by atoms with van der Waals surface area (Å²) in [5.74, 6) is -3.33. The average Bonchev–Trinajstić information content (AvgIpc) is 2.08. The summed E-state index contributed by atoms with van der Waals surface area (Å²) in [4.78, 5) is 16.1. The summed E-state index contributed by atoms with van der Waals surface area (Å²) < 4.78 is 25.4. The van der Waals surface area contributed by atoms with Crippen molar-refractivity contribution in [1.82, 2.24) is 5.48 Å². The largest absolute Gasteiger partial charge is 0.394 e. The van der Waals surface area contributed by atoms with Crippen molar-refractivity contribution in [3.05, 3.63) is 0 Å². The summed E-state index contributed by atoms with van der Waals surface area (Å²) >= 11 is 0. The molecule has 0 atom stereocenters. The fourth-order valence-electron chi connectivity index (χ4n) is 1.46. The highest BCUT2D eigenvalue weighted by atomic mass is 19.3. The number of alkyl halides is 2. The molecule has 1 aliphatic rings. The minimum atomic E-state index is -2.79. The number of hydrogen-bond donors (Lipinski definition) is 2. The van der Waals surface area contributed by atoms with Crippen molar-refractivity contribution in [2.24, 2.45) is 5.41 Å². The number of aliphatic hydroxyl groups is 1. The van der Waals surface area contributed by atoms with Gasteiger partial charge in [0.25, 0.3) is 5.92 Å². The van der Waals surface area contributed by atoms with Crippen LogP contribution in [0.1, 0.15) is 33.6 Å². The van der Waals surface area contributed by atoms with Gasteiger partial charge in [0.15, 0.2) is 0 Å². The van der Waals surface area contributed by atoms with Crippen LogP contribution in [-0.4, -0.2) is 29.1 Å². The molecule has 94 valence electrons. The molecular formula is C10H17F2NO3. The average molecular weight is 237 g/mol. The van der Waals surface area contributed by atoms with Crippen molar-refractivity contribution in [1.29, 1.82) is 0 Å². The molecule has 0 spiro atoms. The molecule has 0 radical (unpaired) electrons. The summed E-state index contributed by atoms with van der Waals surface area (Å²) in [7, 11) is 0. The summed E-state index contributed by atoms with van der Waals surface area (Å²) in [6.45, 7) is 4.47. The molecule has 0 aromatic carbocycles. The Labute approximate surface area is 92.9 Å². The van der Waals surface area contributed by atoms with Gasteiger partial charge in [-0.2, -0.15) is 0 Å². The molecule has 16 heavy (non-hydrogen) atoms. The van der Waals surface area contributed by atoms with E-state index in [9.17, 15) is 13.6 Å². The number of nitrogens with one attached hydrogen (secondary N) is 1. The standard InChI is InChI=1S/C10H17F2NO3/c1-8(2,3)7(15)16-13-9(6-14)4-10(11,12)5-9/h13-14H,4-6H2,1-3H3. The molecule has 2 N–H and O–H groups in total. The maximum Gasteiger partial charge on any atom is 0.330 e. The fraction of sp³-hybridized carbons (Fsp3) is 0.900. The van der Waals surface area contributed by atoms with Crippen LogP contribution in [0.2, 0.25) is 0 Å². The summed E-state index contributed by atoms with van der Waals surface area (Å²) in [6.07, 6.45) is -1.04. The van der Waals surface area contributed by atoms with E-state index in [4.69, 9.17) is 9.94 Å². The van der Waals surface area contributed by atoms with Crippen LogP contribution >= 0.6 is 0 Å². The smallest absolute Gasteiger partial charge is 0.330 e. The third kappa shape index (κ3) is 2.89. The first kappa shape index (κ1) is 13.3. The van der Waals surface area contributed by atoms with Crippen molar-refractivity contribution >= 4 is 5.97 Å². The van der Waals surface area contributed by atoms with E-state index in [1.807, 2.05) is 0 Å². The van der Waals surface area contributed by atoms with Gasteiger partial charge in [-0.15, -0.1) is 5.48 Å². The Kier molecular flexibility index (Phi) is 3.27. The Morgan fingerprint density at radius 3 is 2.25 bits per heavy atom. The first-order valence-corrected chi connectivity index (χ1v) is 5.07. The first-order valence-electron chi connectivity index (χ1n) is 5.07. The van der Waals surface area contributed by atoms with Crippen molar-refractivity contribution in [2.75, 3.05) is 6.61 Å². The highest BCUT2D eigenvalue weighted by Gasteiger charge is 2.57. The van der Waals surface area contributed by atoms with E-state index in [0.717, 1.165) is 0 Å². The van der Waals surface area contributed by atoms with Crippen LogP contribution < -0.4 is 5.48 Å². The molecule has 1 rings (SSSR count). The molecule has 1 saturated carbocycles. The molecule has 1 aliphatic carbocycles. The minimum Gasteiger partial charge on any atom is -0.394 e. The van der Waals surface area contributed by atoms with Gasteiger partial charge in [0, 0.05) is 12.8 Å². The Morgan fingerprint density at radius 1 is 1.44 bits per heavy atom. The molecule has 0 saturated heterocycles. The predicted octanol–water partition coefficient (Wildman–Crippen LogP) is 1.24. The number of hydroxylamine groups is 1. The van der Waals surface area contributed by atoms with Gasteiger partial charge < -0.3 is 9.94 Å². The monoisotopic (exact) mass is 237 g/mol. The van der Waals surface area contributed by atoms with E-state index < -0.39 is 42.3 Å². The summed E-state index contributed by atoms with van der Waals surface area (Å²) in [6, 6.07) is 0. The zero-order valence-corrected chi connectivity index (χ0v) is 9.64. The molecule has 0 heterocycles. The third-order valence-electron chi connectivity index (χ3n) is 2.47. The van der Waals surface area contributed by atoms with Gasteiger partial charge in [-0.3, -0.25) is 0 Å². The summed E-state index contributed by atoms with van der Waals surface area (Å²) in [5, 5.41) is 9.00. The molecule has 0 amide bonds. The Bertz CT molecular complexity index is 278. The summed E-state index contributed by atoms with van der Waals surface area (Å²) in [5.41, 5.74) is 0.362. The van der Waals surface area contributed by atoms with E-state index in [2.05, 4.69) is 5.48 Å². The molecule has 4 nitrogen and oxygen atoms in total. The fourth-order valence-corrected chi connectivity index (χ4v) is 1.46. The van der Waals surface area contributed by atoms with E-state index in [0.29, 0.717) is 0 Å². The normalized spacial score (nSPS) is 22.4. The van der Waals surface area contributed by atoms with Gasteiger partial charge in [0.2, 0.25) is 0 Å². The lowest BCUT2D eigenvalue weighted by Gasteiger charge is -2.45. The lowest BCUT2D eigenvalue weighted by molar-refractivity contribution is -0.202. The minimum absolute atomic E-state index is 0.486. The molecule has 0 aromatic rings. The van der Waals surface area contributed by atoms with Gasteiger partial charge in [0.05, 0.1) is 17.6 Å².